The van der Waals surface area contributed by atoms with Crippen molar-refractivity contribution in [3.05, 3.63) is 57.2 Å². The normalized spacial score (nSPS) is 21.4. The van der Waals surface area contributed by atoms with E-state index in [0.29, 0.717) is 41.6 Å². The Kier molecular flexibility index (Phi) is 5.72. The molecule has 2 aliphatic rings. The van der Waals surface area contributed by atoms with Crippen LogP contribution in [-0.2, 0) is 15.1 Å². The van der Waals surface area contributed by atoms with Crippen LogP contribution in [0.2, 0.25) is 5.02 Å². The van der Waals surface area contributed by atoms with Crippen LogP contribution in [-0.4, -0.2) is 71.2 Å². The van der Waals surface area contributed by atoms with Gasteiger partial charge in [-0.05, 0) is 36.1 Å². The number of carbonyl (C=O) groups is 4. The van der Waals surface area contributed by atoms with Crippen molar-refractivity contribution in [3.63, 3.8) is 0 Å². The molecule has 1 atom stereocenters. The molecule has 0 bridgehead atoms. The molecule has 5 amide bonds. The van der Waals surface area contributed by atoms with Crippen molar-refractivity contribution >= 4 is 46.7 Å². The molecule has 8 nitrogen and oxygen atoms in total. The number of hydrogen-bond donors (Lipinski definition) is 1. The van der Waals surface area contributed by atoms with E-state index in [-0.39, 0.29) is 18.4 Å². The Labute approximate surface area is 188 Å². The van der Waals surface area contributed by atoms with E-state index in [4.69, 9.17) is 11.6 Å². The van der Waals surface area contributed by atoms with Crippen LogP contribution in [0.25, 0.3) is 0 Å². The predicted octanol–water partition coefficient (Wildman–Crippen LogP) is 2.15. The third-order valence-electron chi connectivity index (χ3n) is 5.64. The molecule has 1 N–H and O–H groups in total. The average Bonchev–Trinajstić information content (AvgIpc) is 3.38. The Morgan fingerprint density at radius 2 is 1.71 bits per heavy atom. The zero-order chi connectivity index (χ0) is 22.2. The van der Waals surface area contributed by atoms with Crippen LogP contribution in [0.1, 0.15) is 22.2 Å². The Balaban J connectivity index is 1.37. The highest BCUT2D eigenvalue weighted by Crippen LogP contribution is 2.29. The average molecular weight is 461 g/mol. The number of benzene rings is 1. The molecule has 2 fully saturated rings. The van der Waals surface area contributed by atoms with Crippen LogP contribution >= 0.6 is 22.9 Å². The van der Waals surface area contributed by atoms with Gasteiger partial charge in [0.2, 0.25) is 5.91 Å². The second kappa shape index (κ2) is 8.32. The number of nitrogens with zero attached hydrogens (tertiary/aromatic N) is 3. The Morgan fingerprint density at radius 3 is 2.32 bits per heavy atom. The van der Waals surface area contributed by atoms with Crippen LogP contribution in [0.5, 0.6) is 0 Å². The van der Waals surface area contributed by atoms with Crippen LogP contribution < -0.4 is 5.32 Å². The van der Waals surface area contributed by atoms with Gasteiger partial charge in [-0.15, -0.1) is 11.3 Å². The molecule has 3 heterocycles. The standard InChI is InChI=1S/C21H21ClN4O4S/c1-21(14-4-6-15(22)7-5-14)19(29)26(20(30)23-21)13-17(27)24-8-10-25(11-9-24)18(28)16-3-2-12-31-16/h2-7,12H,8-11,13H2,1H3,(H,23,30)/t21-/m1/s1. The van der Waals surface area contributed by atoms with Crippen molar-refractivity contribution in [2.24, 2.45) is 0 Å². The Morgan fingerprint density at radius 1 is 1.06 bits per heavy atom. The van der Waals surface area contributed by atoms with E-state index in [9.17, 15) is 19.2 Å². The summed E-state index contributed by atoms with van der Waals surface area (Å²) in [6.07, 6.45) is 0. The largest absolute Gasteiger partial charge is 0.338 e. The van der Waals surface area contributed by atoms with Crippen molar-refractivity contribution in [1.29, 1.82) is 0 Å². The highest BCUT2D eigenvalue weighted by atomic mass is 35.5. The maximum absolute atomic E-state index is 13.0. The van der Waals surface area contributed by atoms with E-state index in [1.54, 1.807) is 47.1 Å². The summed E-state index contributed by atoms with van der Waals surface area (Å²) in [4.78, 5) is 55.6. The summed E-state index contributed by atoms with van der Waals surface area (Å²) in [6, 6.07) is 9.64. The van der Waals surface area contributed by atoms with E-state index >= 15 is 0 Å². The number of rotatable bonds is 4. The first-order valence-electron chi connectivity index (χ1n) is 9.80. The van der Waals surface area contributed by atoms with Gasteiger partial charge in [-0.3, -0.25) is 19.3 Å². The molecule has 2 saturated heterocycles. The molecule has 0 spiro atoms. The van der Waals surface area contributed by atoms with Crippen LogP contribution in [0, 0.1) is 0 Å². The molecule has 0 radical (unpaired) electrons. The molecule has 0 aliphatic carbocycles. The predicted molar refractivity (Wildman–Crippen MR) is 116 cm³/mol. The maximum Gasteiger partial charge on any atom is 0.325 e. The fourth-order valence-electron chi connectivity index (χ4n) is 3.77. The fraction of sp³-hybridized carbons (Fsp3) is 0.333. The Hall–Kier alpha value is -2.91. The topological polar surface area (TPSA) is 90.0 Å². The first-order chi connectivity index (χ1) is 14.8. The number of carbonyl (C=O) groups excluding carboxylic acids is 4. The molecule has 1 aromatic carbocycles. The molecule has 1 aromatic heterocycles. The zero-order valence-electron chi connectivity index (χ0n) is 16.8. The summed E-state index contributed by atoms with van der Waals surface area (Å²) in [7, 11) is 0. The molecular formula is C21H21ClN4O4S. The maximum atomic E-state index is 13.0. The summed E-state index contributed by atoms with van der Waals surface area (Å²) in [5.41, 5.74) is -0.667. The van der Waals surface area contributed by atoms with Crippen LogP contribution in [0.4, 0.5) is 4.79 Å². The molecule has 10 heteroatoms. The minimum atomic E-state index is -1.26. The second-order valence-electron chi connectivity index (χ2n) is 7.60. The van der Waals surface area contributed by atoms with E-state index in [2.05, 4.69) is 5.32 Å². The number of piperazine rings is 1. The lowest BCUT2D eigenvalue weighted by Crippen LogP contribution is -2.53. The third kappa shape index (κ3) is 4.03. The van der Waals surface area contributed by atoms with Gasteiger partial charge in [0.1, 0.15) is 12.1 Å². The first kappa shape index (κ1) is 21.3. The van der Waals surface area contributed by atoms with Gasteiger partial charge in [0.25, 0.3) is 11.8 Å². The van der Waals surface area contributed by atoms with Crippen molar-refractivity contribution in [2.75, 3.05) is 32.7 Å². The van der Waals surface area contributed by atoms with Crippen molar-refractivity contribution in [3.8, 4) is 0 Å². The van der Waals surface area contributed by atoms with Gasteiger partial charge in [-0.25, -0.2) is 4.79 Å². The number of hydrogen-bond acceptors (Lipinski definition) is 5. The SMILES string of the molecule is C[C@]1(c2ccc(Cl)cc2)NC(=O)N(CC(=O)N2CCN(C(=O)c3cccs3)CC2)C1=O. The quantitative estimate of drug-likeness (QED) is 0.708. The van der Waals surface area contributed by atoms with E-state index < -0.39 is 17.5 Å². The molecule has 2 aliphatic heterocycles. The number of halogens is 1. The Bertz CT molecular complexity index is 1020. The van der Waals surface area contributed by atoms with Gasteiger partial charge < -0.3 is 15.1 Å². The highest BCUT2D eigenvalue weighted by molar-refractivity contribution is 7.12. The van der Waals surface area contributed by atoms with Crippen molar-refractivity contribution in [1.82, 2.24) is 20.0 Å². The summed E-state index contributed by atoms with van der Waals surface area (Å²) in [6.45, 7) is 2.79. The van der Waals surface area contributed by atoms with Gasteiger partial charge in [0, 0.05) is 31.2 Å². The number of nitrogens with one attached hydrogen (secondary N) is 1. The number of thiophene rings is 1. The molecule has 4 rings (SSSR count). The number of imide groups is 1. The molecule has 2 aromatic rings. The third-order valence-corrected chi connectivity index (χ3v) is 6.75. The minimum Gasteiger partial charge on any atom is -0.338 e. The van der Waals surface area contributed by atoms with Crippen molar-refractivity contribution < 1.29 is 19.2 Å². The first-order valence-corrected chi connectivity index (χ1v) is 11.1. The van der Waals surface area contributed by atoms with Crippen molar-refractivity contribution in [2.45, 2.75) is 12.5 Å². The van der Waals surface area contributed by atoms with Gasteiger partial charge in [-0.2, -0.15) is 0 Å². The summed E-state index contributed by atoms with van der Waals surface area (Å²) < 4.78 is 0. The van der Waals surface area contributed by atoms with Crippen LogP contribution in [0.15, 0.2) is 41.8 Å². The van der Waals surface area contributed by atoms with E-state index in [1.807, 2.05) is 11.4 Å². The second-order valence-corrected chi connectivity index (χ2v) is 8.99. The fourth-order valence-corrected chi connectivity index (χ4v) is 4.59. The van der Waals surface area contributed by atoms with E-state index in [0.717, 1.165) is 4.90 Å². The molecular weight excluding hydrogens is 440 g/mol. The smallest absolute Gasteiger partial charge is 0.325 e. The van der Waals surface area contributed by atoms with Gasteiger partial charge in [0.05, 0.1) is 4.88 Å². The van der Waals surface area contributed by atoms with Gasteiger partial charge >= 0.3 is 6.03 Å². The molecule has 31 heavy (non-hydrogen) atoms. The van der Waals surface area contributed by atoms with Gasteiger partial charge in [0.15, 0.2) is 0 Å². The summed E-state index contributed by atoms with van der Waals surface area (Å²) in [5.74, 6) is -0.860. The molecule has 162 valence electrons. The molecule has 0 unspecified atom stereocenters. The highest BCUT2D eigenvalue weighted by Gasteiger charge is 2.49. The van der Waals surface area contributed by atoms with Crippen LogP contribution in [0.3, 0.4) is 0 Å². The summed E-state index contributed by atoms with van der Waals surface area (Å²) >= 11 is 7.30. The molecule has 0 saturated carbocycles. The number of amides is 5. The van der Waals surface area contributed by atoms with Gasteiger partial charge in [-0.1, -0.05) is 29.8 Å². The minimum absolute atomic E-state index is 0.0464. The lowest BCUT2D eigenvalue weighted by molar-refractivity contribution is -0.139. The zero-order valence-corrected chi connectivity index (χ0v) is 18.4. The van der Waals surface area contributed by atoms with E-state index in [1.165, 1.54) is 11.3 Å². The lowest BCUT2D eigenvalue weighted by Gasteiger charge is -2.35. The monoisotopic (exact) mass is 460 g/mol. The number of urea groups is 1. The lowest BCUT2D eigenvalue weighted by atomic mass is 9.92. The summed E-state index contributed by atoms with van der Waals surface area (Å²) in [5, 5.41) is 5.05.